The van der Waals surface area contributed by atoms with Crippen LogP contribution in [0.5, 0.6) is 5.75 Å². The summed E-state index contributed by atoms with van der Waals surface area (Å²) in [5, 5.41) is 9.14. The van der Waals surface area contributed by atoms with Gasteiger partial charge in [0, 0.05) is 12.3 Å². The summed E-state index contributed by atoms with van der Waals surface area (Å²) < 4.78 is 10.7. The quantitative estimate of drug-likeness (QED) is 0.873. The molecule has 1 aromatic rings. The van der Waals surface area contributed by atoms with E-state index in [0.717, 1.165) is 6.42 Å². The third-order valence-electron chi connectivity index (χ3n) is 2.67. The standard InChI is InChI=1S/C12H16N2O4/c1-7(2)11-13-5-9(10(14-11)12(15)16)18-8-3-4-17-6-8/h5,7-8H,3-4,6H2,1-2H3,(H,15,16). The van der Waals surface area contributed by atoms with Crippen molar-refractivity contribution in [3.8, 4) is 5.75 Å². The van der Waals surface area contributed by atoms with E-state index in [0.29, 0.717) is 19.0 Å². The molecule has 98 valence electrons. The fourth-order valence-electron chi connectivity index (χ4n) is 1.69. The SMILES string of the molecule is CC(C)c1ncc(OC2CCOC2)c(C(=O)O)n1. The Balaban J connectivity index is 2.25. The summed E-state index contributed by atoms with van der Waals surface area (Å²) in [7, 11) is 0. The molecule has 18 heavy (non-hydrogen) atoms. The first-order chi connectivity index (χ1) is 8.58. The minimum absolute atomic E-state index is 0.0759. The predicted molar refractivity (Wildman–Crippen MR) is 62.9 cm³/mol. The van der Waals surface area contributed by atoms with Crippen LogP contribution in [0.2, 0.25) is 0 Å². The first-order valence-corrected chi connectivity index (χ1v) is 5.92. The zero-order valence-corrected chi connectivity index (χ0v) is 10.4. The average Bonchev–Trinajstić information content (AvgIpc) is 2.81. The minimum Gasteiger partial charge on any atom is -0.484 e. The van der Waals surface area contributed by atoms with E-state index < -0.39 is 5.97 Å². The Bertz CT molecular complexity index is 442. The number of ether oxygens (including phenoxy) is 2. The molecule has 6 heteroatoms. The van der Waals surface area contributed by atoms with Crippen LogP contribution in [0.3, 0.4) is 0 Å². The number of hydrogen-bond acceptors (Lipinski definition) is 5. The largest absolute Gasteiger partial charge is 0.484 e. The van der Waals surface area contributed by atoms with Crippen LogP contribution in [0.1, 0.15) is 42.5 Å². The van der Waals surface area contributed by atoms with Crippen LogP contribution in [-0.2, 0) is 4.74 Å². The molecule has 2 heterocycles. The van der Waals surface area contributed by atoms with Crippen molar-refractivity contribution in [1.82, 2.24) is 9.97 Å². The van der Waals surface area contributed by atoms with E-state index >= 15 is 0 Å². The average molecular weight is 252 g/mol. The summed E-state index contributed by atoms with van der Waals surface area (Å²) in [6.07, 6.45) is 2.08. The molecular formula is C12H16N2O4. The second-order valence-corrected chi connectivity index (χ2v) is 4.50. The van der Waals surface area contributed by atoms with Crippen molar-refractivity contribution in [3.63, 3.8) is 0 Å². The number of aromatic nitrogens is 2. The molecule has 0 bridgehead atoms. The van der Waals surface area contributed by atoms with E-state index in [1.165, 1.54) is 6.20 Å². The lowest BCUT2D eigenvalue weighted by molar-refractivity contribution is 0.0679. The van der Waals surface area contributed by atoms with Crippen molar-refractivity contribution in [3.05, 3.63) is 17.7 Å². The molecule has 1 fully saturated rings. The molecule has 1 atom stereocenters. The Morgan fingerprint density at radius 1 is 1.61 bits per heavy atom. The van der Waals surface area contributed by atoms with Gasteiger partial charge in [0.1, 0.15) is 11.9 Å². The van der Waals surface area contributed by atoms with Gasteiger partial charge in [0.05, 0.1) is 19.4 Å². The van der Waals surface area contributed by atoms with E-state index in [1.807, 2.05) is 13.8 Å². The number of hydrogen-bond donors (Lipinski definition) is 1. The summed E-state index contributed by atoms with van der Waals surface area (Å²) in [6.45, 7) is 4.93. The van der Waals surface area contributed by atoms with Crippen LogP contribution in [-0.4, -0.2) is 40.4 Å². The van der Waals surface area contributed by atoms with Gasteiger partial charge in [-0.2, -0.15) is 0 Å². The van der Waals surface area contributed by atoms with Crippen molar-refractivity contribution in [2.24, 2.45) is 0 Å². The first-order valence-electron chi connectivity index (χ1n) is 5.92. The number of nitrogens with zero attached hydrogens (tertiary/aromatic N) is 2. The molecule has 0 radical (unpaired) electrons. The highest BCUT2D eigenvalue weighted by Gasteiger charge is 2.22. The second kappa shape index (κ2) is 5.30. The van der Waals surface area contributed by atoms with Crippen molar-refractivity contribution in [2.45, 2.75) is 32.3 Å². The zero-order valence-electron chi connectivity index (χ0n) is 10.4. The maximum atomic E-state index is 11.2. The number of carboxylic acid groups (broad SMARTS) is 1. The molecule has 0 amide bonds. The van der Waals surface area contributed by atoms with Crippen LogP contribution in [0, 0.1) is 0 Å². The van der Waals surface area contributed by atoms with E-state index in [2.05, 4.69) is 9.97 Å². The predicted octanol–water partition coefficient (Wildman–Crippen LogP) is 1.47. The van der Waals surface area contributed by atoms with Gasteiger partial charge in [-0.3, -0.25) is 0 Å². The highest BCUT2D eigenvalue weighted by molar-refractivity contribution is 5.88. The van der Waals surface area contributed by atoms with Gasteiger partial charge in [0.15, 0.2) is 11.4 Å². The van der Waals surface area contributed by atoms with Gasteiger partial charge >= 0.3 is 5.97 Å². The Labute approximate surface area is 105 Å². The fraction of sp³-hybridized carbons (Fsp3) is 0.583. The van der Waals surface area contributed by atoms with E-state index in [4.69, 9.17) is 14.6 Å². The van der Waals surface area contributed by atoms with Gasteiger partial charge in [-0.15, -0.1) is 0 Å². The highest BCUT2D eigenvalue weighted by Crippen LogP contribution is 2.21. The molecule has 1 N–H and O–H groups in total. The molecule has 0 aromatic carbocycles. The molecule has 1 aromatic heterocycles. The van der Waals surface area contributed by atoms with Crippen molar-refractivity contribution >= 4 is 5.97 Å². The van der Waals surface area contributed by atoms with Crippen molar-refractivity contribution < 1.29 is 19.4 Å². The lowest BCUT2D eigenvalue weighted by atomic mass is 10.2. The van der Waals surface area contributed by atoms with Gasteiger partial charge in [0.2, 0.25) is 0 Å². The maximum Gasteiger partial charge on any atom is 0.358 e. The second-order valence-electron chi connectivity index (χ2n) is 4.50. The molecule has 1 saturated heterocycles. The summed E-state index contributed by atoms with van der Waals surface area (Å²) in [5.41, 5.74) is -0.0828. The molecule has 6 nitrogen and oxygen atoms in total. The molecule has 0 saturated carbocycles. The van der Waals surface area contributed by atoms with Crippen LogP contribution in [0.15, 0.2) is 6.20 Å². The van der Waals surface area contributed by atoms with Gasteiger partial charge in [0.25, 0.3) is 0 Å². The lowest BCUT2D eigenvalue weighted by Crippen LogP contribution is -2.19. The third kappa shape index (κ3) is 2.76. The van der Waals surface area contributed by atoms with Crippen molar-refractivity contribution in [1.29, 1.82) is 0 Å². The topological polar surface area (TPSA) is 81.5 Å². The number of carbonyl (C=O) groups is 1. The monoisotopic (exact) mass is 252 g/mol. The summed E-state index contributed by atoms with van der Waals surface area (Å²) in [4.78, 5) is 19.3. The van der Waals surface area contributed by atoms with E-state index in [-0.39, 0.29) is 23.5 Å². The van der Waals surface area contributed by atoms with E-state index in [9.17, 15) is 4.79 Å². The molecule has 1 unspecified atom stereocenters. The Kier molecular flexibility index (Phi) is 3.76. The normalized spacial score (nSPS) is 19.2. The zero-order chi connectivity index (χ0) is 13.1. The fourth-order valence-corrected chi connectivity index (χ4v) is 1.69. The van der Waals surface area contributed by atoms with Crippen LogP contribution in [0.4, 0.5) is 0 Å². The van der Waals surface area contributed by atoms with Gasteiger partial charge in [-0.1, -0.05) is 13.8 Å². The number of carboxylic acids is 1. The van der Waals surface area contributed by atoms with Gasteiger partial charge < -0.3 is 14.6 Å². The van der Waals surface area contributed by atoms with Crippen LogP contribution < -0.4 is 4.74 Å². The van der Waals surface area contributed by atoms with Gasteiger partial charge in [-0.25, -0.2) is 14.8 Å². The smallest absolute Gasteiger partial charge is 0.358 e. The van der Waals surface area contributed by atoms with Crippen molar-refractivity contribution in [2.75, 3.05) is 13.2 Å². The first kappa shape index (κ1) is 12.8. The van der Waals surface area contributed by atoms with Gasteiger partial charge in [-0.05, 0) is 0 Å². The number of rotatable bonds is 4. The molecular weight excluding hydrogens is 236 g/mol. The summed E-state index contributed by atoms with van der Waals surface area (Å²) >= 11 is 0. The molecule has 1 aliphatic rings. The molecule has 2 rings (SSSR count). The molecule has 0 aliphatic carbocycles. The van der Waals surface area contributed by atoms with Crippen LogP contribution in [0.25, 0.3) is 0 Å². The molecule has 1 aliphatic heterocycles. The Hall–Kier alpha value is -1.69. The molecule has 0 spiro atoms. The lowest BCUT2D eigenvalue weighted by Gasteiger charge is -2.14. The third-order valence-corrected chi connectivity index (χ3v) is 2.67. The highest BCUT2D eigenvalue weighted by atomic mass is 16.5. The summed E-state index contributed by atoms with van der Waals surface area (Å²) in [6, 6.07) is 0. The Morgan fingerprint density at radius 3 is 2.94 bits per heavy atom. The van der Waals surface area contributed by atoms with E-state index in [1.54, 1.807) is 0 Å². The van der Waals surface area contributed by atoms with Crippen LogP contribution >= 0.6 is 0 Å². The Morgan fingerprint density at radius 2 is 2.39 bits per heavy atom. The number of aromatic carboxylic acids is 1. The maximum absolute atomic E-state index is 11.2. The minimum atomic E-state index is -1.10. The summed E-state index contributed by atoms with van der Waals surface area (Å²) in [5.74, 6) is -0.315.